The maximum atomic E-state index is 3.96. The summed E-state index contributed by atoms with van der Waals surface area (Å²) in [6.07, 6.45) is 6.11. The van der Waals surface area contributed by atoms with Crippen LogP contribution in [0.4, 0.5) is 0 Å². The second kappa shape index (κ2) is 3.37. The van der Waals surface area contributed by atoms with Crippen LogP contribution in [0.15, 0.2) is 24.8 Å². The number of hydrogen-bond donors (Lipinski definition) is 0. The molecule has 0 fully saturated rings. The Morgan fingerprint density at radius 3 is 3.00 bits per heavy atom. The summed E-state index contributed by atoms with van der Waals surface area (Å²) in [7, 11) is 0. The van der Waals surface area contributed by atoms with Crippen LogP contribution < -0.4 is 0 Å². The molecule has 0 aromatic heterocycles. The van der Waals surface area contributed by atoms with Gasteiger partial charge in [-0.1, -0.05) is 30.4 Å². The van der Waals surface area contributed by atoms with Gasteiger partial charge in [-0.25, -0.2) is 0 Å². The first-order valence-corrected chi connectivity index (χ1v) is 4.89. The van der Waals surface area contributed by atoms with Gasteiger partial charge in [-0.3, -0.25) is 0 Å². The van der Waals surface area contributed by atoms with Gasteiger partial charge < -0.3 is 0 Å². The minimum absolute atomic E-state index is 1.15. The van der Waals surface area contributed by atoms with Gasteiger partial charge in [-0.05, 0) is 49.3 Å². The molecular formula is C13H15. The predicted octanol–water partition coefficient (Wildman–Crippen LogP) is 3.61. The van der Waals surface area contributed by atoms with Gasteiger partial charge in [0, 0.05) is 0 Å². The average molecular weight is 171 g/mol. The van der Waals surface area contributed by atoms with Crippen LogP contribution in [0.3, 0.4) is 0 Å². The van der Waals surface area contributed by atoms with Gasteiger partial charge in [0.1, 0.15) is 0 Å². The number of hydrogen-bond acceptors (Lipinski definition) is 0. The molecule has 1 aromatic carbocycles. The average Bonchev–Trinajstić information content (AvgIpc) is 2.17. The Hall–Kier alpha value is -1.04. The van der Waals surface area contributed by atoms with E-state index in [-0.39, 0.29) is 0 Å². The normalized spacial score (nSPS) is 15.2. The van der Waals surface area contributed by atoms with E-state index >= 15 is 0 Å². The topological polar surface area (TPSA) is 0 Å². The molecule has 1 aliphatic rings. The first kappa shape index (κ1) is 8.55. The second-order valence-electron chi connectivity index (χ2n) is 3.79. The smallest absolute Gasteiger partial charge is 0.00899 e. The number of benzene rings is 1. The highest BCUT2D eigenvalue weighted by Crippen LogP contribution is 2.25. The Morgan fingerprint density at radius 2 is 2.23 bits per heavy atom. The van der Waals surface area contributed by atoms with Gasteiger partial charge >= 0.3 is 0 Å². The lowest BCUT2D eigenvalue weighted by Gasteiger charge is -2.16. The van der Waals surface area contributed by atoms with E-state index in [0.29, 0.717) is 0 Å². The zero-order chi connectivity index (χ0) is 9.26. The van der Waals surface area contributed by atoms with Gasteiger partial charge in [-0.15, -0.1) is 0 Å². The zero-order valence-corrected chi connectivity index (χ0v) is 8.14. The van der Waals surface area contributed by atoms with E-state index in [1.807, 2.05) is 0 Å². The Kier molecular flexibility index (Phi) is 2.22. The summed E-state index contributed by atoms with van der Waals surface area (Å²) in [5.74, 6) is 0. The predicted molar refractivity (Wildman–Crippen MR) is 57.5 cm³/mol. The van der Waals surface area contributed by atoms with E-state index in [1.54, 1.807) is 0 Å². The van der Waals surface area contributed by atoms with E-state index in [4.69, 9.17) is 0 Å². The highest BCUT2D eigenvalue weighted by atomic mass is 14.1. The summed E-state index contributed by atoms with van der Waals surface area (Å²) < 4.78 is 0. The van der Waals surface area contributed by atoms with Crippen molar-refractivity contribution in [3.8, 4) is 0 Å². The molecule has 0 atom stereocenters. The molecule has 0 N–H and O–H groups in total. The van der Waals surface area contributed by atoms with Crippen molar-refractivity contribution in [1.82, 2.24) is 0 Å². The first-order valence-electron chi connectivity index (χ1n) is 4.89. The van der Waals surface area contributed by atoms with Gasteiger partial charge in [0.05, 0.1) is 0 Å². The highest BCUT2D eigenvalue weighted by molar-refractivity contribution is 5.63. The van der Waals surface area contributed by atoms with Crippen molar-refractivity contribution >= 4 is 5.57 Å². The van der Waals surface area contributed by atoms with Crippen molar-refractivity contribution in [2.75, 3.05) is 0 Å². The fourth-order valence-electron chi connectivity index (χ4n) is 1.83. The highest BCUT2D eigenvalue weighted by Gasteiger charge is 2.09. The van der Waals surface area contributed by atoms with E-state index in [0.717, 1.165) is 5.57 Å². The third kappa shape index (κ3) is 1.67. The largest absolute Gasteiger partial charge is 0.0955 e. The fraction of sp³-hybridized carbons (Fsp3) is 0.308. The van der Waals surface area contributed by atoms with E-state index < -0.39 is 0 Å². The Balaban J connectivity index is 2.40. The van der Waals surface area contributed by atoms with Crippen LogP contribution in [0, 0.1) is 6.42 Å². The standard InChI is InChI=1S/C13H15/c1-10(2)12-8-7-11-5-3-4-6-13(11)9-12/h6-9H,1,3-5H2,2H3. The Labute approximate surface area is 80.3 Å². The van der Waals surface area contributed by atoms with Crippen LogP contribution >= 0.6 is 0 Å². The molecule has 2 rings (SSSR count). The molecule has 0 saturated carbocycles. The van der Waals surface area contributed by atoms with Crippen LogP contribution in [0.2, 0.25) is 0 Å². The third-order valence-electron chi connectivity index (χ3n) is 2.65. The van der Waals surface area contributed by atoms with Crippen molar-refractivity contribution in [1.29, 1.82) is 0 Å². The quantitative estimate of drug-likeness (QED) is 0.605. The molecule has 0 unspecified atom stereocenters. The van der Waals surface area contributed by atoms with Gasteiger partial charge in [-0.2, -0.15) is 0 Å². The summed E-state index contributed by atoms with van der Waals surface area (Å²) in [6, 6.07) is 6.69. The van der Waals surface area contributed by atoms with Gasteiger partial charge in [0.2, 0.25) is 0 Å². The number of aryl methyl sites for hydroxylation is 1. The van der Waals surface area contributed by atoms with Crippen molar-refractivity contribution < 1.29 is 0 Å². The molecule has 0 heteroatoms. The summed E-state index contributed by atoms with van der Waals surface area (Å²) in [5.41, 5.74) is 5.35. The van der Waals surface area contributed by atoms with Crippen LogP contribution in [0.5, 0.6) is 0 Å². The molecular weight excluding hydrogens is 156 g/mol. The molecule has 0 saturated heterocycles. The lowest BCUT2D eigenvalue weighted by Crippen LogP contribution is -2.00. The van der Waals surface area contributed by atoms with Crippen molar-refractivity contribution in [2.24, 2.45) is 0 Å². The third-order valence-corrected chi connectivity index (χ3v) is 2.65. The molecule has 1 aromatic rings. The lowest BCUT2D eigenvalue weighted by atomic mass is 9.89. The second-order valence-corrected chi connectivity index (χ2v) is 3.79. The molecule has 0 amide bonds. The zero-order valence-electron chi connectivity index (χ0n) is 8.14. The van der Waals surface area contributed by atoms with Crippen LogP contribution in [-0.2, 0) is 6.42 Å². The maximum absolute atomic E-state index is 3.96. The maximum Gasteiger partial charge on any atom is -0.00899 e. The van der Waals surface area contributed by atoms with Crippen molar-refractivity contribution in [2.45, 2.75) is 26.2 Å². The minimum Gasteiger partial charge on any atom is -0.0955 e. The molecule has 0 heterocycles. The minimum atomic E-state index is 1.15. The van der Waals surface area contributed by atoms with Crippen molar-refractivity contribution in [3.63, 3.8) is 0 Å². The van der Waals surface area contributed by atoms with Crippen LogP contribution in [0.25, 0.3) is 5.57 Å². The molecule has 13 heavy (non-hydrogen) atoms. The monoisotopic (exact) mass is 171 g/mol. The number of allylic oxidation sites excluding steroid dienone is 1. The first-order chi connectivity index (χ1) is 6.27. The summed E-state index contributed by atoms with van der Waals surface area (Å²) >= 11 is 0. The Morgan fingerprint density at radius 1 is 1.38 bits per heavy atom. The molecule has 1 aliphatic carbocycles. The summed E-state index contributed by atoms with van der Waals surface area (Å²) in [5, 5.41) is 0. The van der Waals surface area contributed by atoms with Crippen LogP contribution in [-0.4, -0.2) is 0 Å². The van der Waals surface area contributed by atoms with E-state index in [1.165, 1.54) is 36.0 Å². The van der Waals surface area contributed by atoms with Crippen molar-refractivity contribution in [3.05, 3.63) is 47.9 Å². The molecule has 0 aliphatic heterocycles. The number of fused-ring (bicyclic) bond motifs is 1. The molecule has 67 valence electrons. The number of rotatable bonds is 1. The summed E-state index contributed by atoms with van der Waals surface area (Å²) in [6.45, 7) is 6.02. The Bertz CT molecular complexity index is 334. The van der Waals surface area contributed by atoms with E-state index in [2.05, 4.69) is 38.1 Å². The molecule has 0 nitrogen and oxygen atoms in total. The SMILES string of the molecule is C=C(C)c1ccc2c(c1)[CH]CCC2. The fourth-order valence-corrected chi connectivity index (χ4v) is 1.83. The van der Waals surface area contributed by atoms with E-state index in [9.17, 15) is 0 Å². The van der Waals surface area contributed by atoms with Gasteiger partial charge in [0.15, 0.2) is 0 Å². The lowest BCUT2D eigenvalue weighted by molar-refractivity contribution is 0.775. The molecule has 1 radical (unpaired) electrons. The van der Waals surface area contributed by atoms with Crippen LogP contribution in [0.1, 0.15) is 36.5 Å². The summed E-state index contributed by atoms with van der Waals surface area (Å²) in [4.78, 5) is 0. The molecule has 0 spiro atoms. The molecule has 0 bridgehead atoms. The van der Waals surface area contributed by atoms with Gasteiger partial charge in [0.25, 0.3) is 0 Å².